The molecular formula is C7H12O. The van der Waals surface area contributed by atoms with Gasteiger partial charge in [0, 0.05) is 0 Å². The van der Waals surface area contributed by atoms with Gasteiger partial charge in [-0.3, -0.25) is 0 Å². The third-order valence-electron chi connectivity index (χ3n) is 0.663. The molecule has 1 aromatic rings. The summed E-state index contributed by atoms with van der Waals surface area (Å²) in [6, 6.07) is 3.79. The number of rotatable bonds is 0. The van der Waals surface area contributed by atoms with Gasteiger partial charge in [0.2, 0.25) is 0 Å². The van der Waals surface area contributed by atoms with Gasteiger partial charge in [0.15, 0.2) is 0 Å². The van der Waals surface area contributed by atoms with Gasteiger partial charge in [-0.15, -0.1) is 0 Å². The summed E-state index contributed by atoms with van der Waals surface area (Å²) in [5, 5.41) is 0. The van der Waals surface area contributed by atoms with Crippen LogP contribution in [0.1, 0.15) is 19.6 Å². The summed E-state index contributed by atoms with van der Waals surface area (Å²) in [7, 11) is 0. The lowest BCUT2D eigenvalue weighted by atomic mass is 10.5. The summed E-state index contributed by atoms with van der Waals surface area (Å²) in [6.45, 7) is 5.92. The van der Waals surface area contributed by atoms with Gasteiger partial charge in [0.1, 0.15) is 5.76 Å². The van der Waals surface area contributed by atoms with E-state index in [9.17, 15) is 0 Å². The molecule has 0 atom stereocenters. The van der Waals surface area contributed by atoms with Crippen LogP contribution in [0.5, 0.6) is 0 Å². The molecule has 0 saturated heterocycles. The number of hydrogen-bond donors (Lipinski definition) is 0. The molecule has 0 unspecified atom stereocenters. The molecule has 0 amide bonds. The summed E-state index contributed by atoms with van der Waals surface area (Å²) in [4.78, 5) is 0. The van der Waals surface area contributed by atoms with Crippen LogP contribution in [-0.2, 0) is 0 Å². The zero-order chi connectivity index (χ0) is 6.41. The van der Waals surface area contributed by atoms with Crippen molar-refractivity contribution in [2.24, 2.45) is 0 Å². The van der Waals surface area contributed by atoms with Gasteiger partial charge < -0.3 is 4.42 Å². The Balaban J connectivity index is 0.000000222. The molecular weight excluding hydrogens is 100 g/mol. The van der Waals surface area contributed by atoms with Crippen molar-refractivity contribution in [1.29, 1.82) is 0 Å². The van der Waals surface area contributed by atoms with Crippen LogP contribution < -0.4 is 0 Å². The van der Waals surface area contributed by atoms with Gasteiger partial charge in [-0.25, -0.2) is 0 Å². The molecule has 0 aliphatic rings. The molecule has 0 aliphatic heterocycles. The molecule has 1 rings (SSSR count). The van der Waals surface area contributed by atoms with Crippen molar-refractivity contribution >= 4 is 0 Å². The van der Waals surface area contributed by atoms with Gasteiger partial charge in [-0.2, -0.15) is 0 Å². The fraction of sp³-hybridized carbons (Fsp3) is 0.429. The maximum atomic E-state index is 4.83. The summed E-state index contributed by atoms with van der Waals surface area (Å²) < 4.78 is 4.83. The molecule has 1 aromatic heterocycles. The smallest absolute Gasteiger partial charge is 0.100 e. The number of furan rings is 1. The maximum absolute atomic E-state index is 4.83. The van der Waals surface area contributed by atoms with E-state index in [1.165, 1.54) is 0 Å². The quantitative estimate of drug-likeness (QED) is 0.502. The topological polar surface area (TPSA) is 13.1 Å². The molecule has 0 fully saturated rings. The molecule has 0 bridgehead atoms. The van der Waals surface area contributed by atoms with Crippen molar-refractivity contribution in [3.05, 3.63) is 24.2 Å². The van der Waals surface area contributed by atoms with E-state index in [-0.39, 0.29) is 0 Å². The average Bonchev–Trinajstić information content (AvgIpc) is 2.24. The second-order valence-electron chi connectivity index (χ2n) is 1.22. The van der Waals surface area contributed by atoms with Crippen LogP contribution in [0.4, 0.5) is 0 Å². The first-order valence-electron chi connectivity index (χ1n) is 2.90. The Kier molecular flexibility index (Phi) is 4.04. The minimum atomic E-state index is 0.968. The lowest BCUT2D eigenvalue weighted by molar-refractivity contribution is 0.534. The standard InChI is InChI=1S/C5H6O.C2H6/c1-5-3-2-4-6-5;1-2/h2-4H,1H3;1-2H3. The minimum absolute atomic E-state index is 0.968. The summed E-state index contributed by atoms with van der Waals surface area (Å²) in [6.07, 6.45) is 1.66. The van der Waals surface area contributed by atoms with E-state index in [0.29, 0.717) is 0 Å². The molecule has 0 N–H and O–H groups in total. The highest BCUT2D eigenvalue weighted by molar-refractivity contribution is 4.93. The Morgan fingerprint density at radius 2 is 2.00 bits per heavy atom. The van der Waals surface area contributed by atoms with E-state index in [1.54, 1.807) is 6.26 Å². The lowest BCUT2D eigenvalue weighted by Gasteiger charge is -1.69. The van der Waals surface area contributed by atoms with Crippen molar-refractivity contribution in [1.82, 2.24) is 0 Å². The van der Waals surface area contributed by atoms with Crippen LogP contribution in [0.2, 0.25) is 0 Å². The van der Waals surface area contributed by atoms with Crippen molar-refractivity contribution in [2.45, 2.75) is 20.8 Å². The van der Waals surface area contributed by atoms with Crippen molar-refractivity contribution < 1.29 is 4.42 Å². The van der Waals surface area contributed by atoms with E-state index in [4.69, 9.17) is 4.42 Å². The highest BCUT2D eigenvalue weighted by atomic mass is 16.3. The van der Waals surface area contributed by atoms with Crippen LogP contribution in [0, 0.1) is 6.92 Å². The van der Waals surface area contributed by atoms with E-state index >= 15 is 0 Å². The molecule has 0 aromatic carbocycles. The Morgan fingerprint density at radius 3 is 2.12 bits per heavy atom. The van der Waals surface area contributed by atoms with Crippen molar-refractivity contribution in [3.63, 3.8) is 0 Å². The van der Waals surface area contributed by atoms with Crippen LogP contribution >= 0.6 is 0 Å². The van der Waals surface area contributed by atoms with Crippen molar-refractivity contribution in [3.8, 4) is 0 Å². The maximum Gasteiger partial charge on any atom is 0.100 e. The molecule has 1 heteroatoms. The number of aryl methyl sites for hydroxylation is 1. The van der Waals surface area contributed by atoms with E-state index in [1.807, 2.05) is 32.9 Å². The molecule has 8 heavy (non-hydrogen) atoms. The zero-order valence-corrected chi connectivity index (χ0v) is 5.64. The van der Waals surface area contributed by atoms with Gasteiger partial charge in [0.25, 0.3) is 0 Å². The highest BCUT2D eigenvalue weighted by Crippen LogP contribution is 1.93. The molecule has 0 aliphatic carbocycles. The third-order valence-corrected chi connectivity index (χ3v) is 0.663. The second kappa shape index (κ2) is 4.44. The molecule has 0 radical (unpaired) electrons. The first-order valence-corrected chi connectivity index (χ1v) is 2.90. The molecule has 1 nitrogen and oxygen atoms in total. The molecule has 1 heterocycles. The van der Waals surface area contributed by atoms with E-state index in [2.05, 4.69) is 0 Å². The number of hydrogen-bond acceptors (Lipinski definition) is 1. The molecule has 0 saturated carbocycles. The van der Waals surface area contributed by atoms with Crippen LogP contribution in [-0.4, -0.2) is 0 Å². The van der Waals surface area contributed by atoms with Crippen LogP contribution in [0.3, 0.4) is 0 Å². The predicted molar refractivity (Wildman–Crippen MR) is 34.8 cm³/mol. The van der Waals surface area contributed by atoms with Crippen LogP contribution in [0.25, 0.3) is 0 Å². The Bertz CT molecular complexity index is 108. The van der Waals surface area contributed by atoms with Gasteiger partial charge in [-0.1, -0.05) is 13.8 Å². The van der Waals surface area contributed by atoms with E-state index < -0.39 is 0 Å². The fourth-order valence-corrected chi connectivity index (χ4v) is 0.361. The normalized spacial score (nSPS) is 7.38. The largest absolute Gasteiger partial charge is 0.470 e. The summed E-state index contributed by atoms with van der Waals surface area (Å²) in [5.41, 5.74) is 0. The van der Waals surface area contributed by atoms with Gasteiger partial charge in [0.05, 0.1) is 6.26 Å². The van der Waals surface area contributed by atoms with Gasteiger partial charge in [-0.05, 0) is 19.1 Å². The summed E-state index contributed by atoms with van der Waals surface area (Å²) >= 11 is 0. The first-order chi connectivity index (χ1) is 3.89. The summed E-state index contributed by atoms with van der Waals surface area (Å²) in [5.74, 6) is 0.968. The SMILES string of the molecule is CC.Cc1ccco1. The second-order valence-corrected chi connectivity index (χ2v) is 1.22. The van der Waals surface area contributed by atoms with Gasteiger partial charge >= 0.3 is 0 Å². The van der Waals surface area contributed by atoms with Crippen molar-refractivity contribution in [2.75, 3.05) is 0 Å². The van der Waals surface area contributed by atoms with Crippen LogP contribution in [0.15, 0.2) is 22.8 Å². The predicted octanol–water partition coefficient (Wildman–Crippen LogP) is 2.61. The first kappa shape index (κ1) is 7.28. The fourth-order valence-electron chi connectivity index (χ4n) is 0.361. The third kappa shape index (κ3) is 2.45. The Labute approximate surface area is 50.3 Å². The minimum Gasteiger partial charge on any atom is -0.470 e. The average molecular weight is 112 g/mol. The highest BCUT2D eigenvalue weighted by Gasteiger charge is 1.75. The van der Waals surface area contributed by atoms with E-state index in [0.717, 1.165) is 5.76 Å². The monoisotopic (exact) mass is 112 g/mol. The Hall–Kier alpha value is -0.720. The zero-order valence-electron chi connectivity index (χ0n) is 5.64. The molecule has 0 spiro atoms. The Morgan fingerprint density at radius 1 is 1.38 bits per heavy atom. The molecule has 46 valence electrons. The lowest BCUT2D eigenvalue weighted by Crippen LogP contribution is -1.48.